The van der Waals surface area contributed by atoms with Gasteiger partial charge in [0, 0.05) is 45.0 Å². The van der Waals surface area contributed by atoms with Crippen molar-refractivity contribution < 1.29 is 19.1 Å². The van der Waals surface area contributed by atoms with E-state index in [0.717, 1.165) is 36.9 Å². The summed E-state index contributed by atoms with van der Waals surface area (Å²) in [6.07, 6.45) is 0. The summed E-state index contributed by atoms with van der Waals surface area (Å²) in [6, 6.07) is 6.08. The van der Waals surface area contributed by atoms with Gasteiger partial charge in [-0.05, 0) is 17.7 Å². The molecule has 0 N–H and O–H groups in total. The summed E-state index contributed by atoms with van der Waals surface area (Å²) in [4.78, 5) is 29.9. The Morgan fingerprint density at radius 2 is 1.81 bits per heavy atom. The third-order valence-corrected chi connectivity index (χ3v) is 5.80. The topological polar surface area (TPSA) is 62.3 Å². The summed E-state index contributed by atoms with van der Waals surface area (Å²) in [6.45, 7) is 6.01. The molecule has 26 heavy (non-hydrogen) atoms. The number of rotatable bonds is 4. The maximum Gasteiger partial charge on any atom is 0.282 e. The summed E-state index contributed by atoms with van der Waals surface area (Å²) in [5.41, 5.74) is 1.19. The van der Waals surface area contributed by atoms with Crippen molar-refractivity contribution in [2.45, 2.75) is 6.54 Å². The molecule has 2 saturated heterocycles. The number of benzene rings is 1. The van der Waals surface area contributed by atoms with Crippen molar-refractivity contribution in [1.29, 1.82) is 0 Å². The minimum atomic E-state index is 0.0237. The van der Waals surface area contributed by atoms with Crippen LogP contribution < -0.4 is 9.47 Å². The van der Waals surface area contributed by atoms with Crippen molar-refractivity contribution in [3.05, 3.63) is 23.8 Å². The number of amides is 2. The van der Waals surface area contributed by atoms with Crippen molar-refractivity contribution in [2.24, 2.45) is 0 Å². The van der Waals surface area contributed by atoms with E-state index in [1.807, 2.05) is 17.0 Å². The lowest BCUT2D eigenvalue weighted by Crippen LogP contribution is -2.50. The number of piperazine rings is 1. The zero-order valence-electron chi connectivity index (χ0n) is 14.7. The van der Waals surface area contributed by atoms with Crippen LogP contribution in [0.15, 0.2) is 18.2 Å². The Balaban J connectivity index is 1.27. The van der Waals surface area contributed by atoms with E-state index in [2.05, 4.69) is 11.0 Å². The zero-order chi connectivity index (χ0) is 17.9. The average Bonchev–Trinajstić information content (AvgIpc) is 3.07. The van der Waals surface area contributed by atoms with Crippen molar-refractivity contribution >= 4 is 22.9 Å². The van der Waals surface area contributed by atoms with Crippen LogP contribution in [-0.4, -0.2) is 84.1 Å². The first-order valence-corrected chi connectivity index (χ1v) is 9.98. The Bertz CT molecular complexity index is 691. The maximum absolute atomic E-state index is 12.4. The zero-order valence-corrected chi connectivity index (χ0v) is 15.5. The van der Waals surface area contributed by atoms with Gasteiger partial charge in [0.1, 0.15) is 19.8 Å². The van der Waals surface area contributed by atoms with Crippen LogP contribution in [0.25, 0.3) is 0 Å². The van der Waals surface area contributed by atoms with Gasteiger partial charge in [0.15, 0.2) is 11.5 Å². The van der Waals surface area contributed by atoms with Crippen LogP contribution in [0, 0.1) is 0 Å². The van der Waals surface area contributed by atoms with E-state index in [4.69, 9.17) is 9.47 Å². The molecule has 1 aromatic rings. The van der Waals surface area contributed by atoms with Gasteiger partial charge in [-0.15, -0.1) is 0 Å². The largest absolute Gasteiger partial charge is 0.486 e. The molecule has 2 amide bonds. The molecule has 0 unspecified atom stereocenters. The van der Waals surface area contributed by atoms with E-state index in [1.165, 1.54) is 17.3 Å². The predicted octanol–water partition coefficient (Wildman–Crippen LogP) is 1.27. The molecule has 2 fully saturated rings. The Hall–Kier alpha value is -1.93. The number of carbonyl (C=O) groups excluding carboxylic acids is 2. The lowest BCUT2D eigenvalue weighted by atomic mass is 10.1. The summed E-state index contributed by atoms with van der Waals surface area (Å²) < 4.78 is 11.2. The Morgan fingerprint density at radius 1 is 1.04 bits per heavy atom. The van der Waals surface area contributed by atoms with Crippen molar-refractivity contribution in [2.75, 3.05) is 58.2 Å². The SMILES string of the molecule is O=C(CN1CCSC1=O)N1CCN(Cc2ccc3c(c2)OCCO3)CC1. The number of ether oxygens (including phenoxy) is 2. The Labute approximate surface area is 157 Å². The fourth-order valence-corrected chi connectivity index (χ4v) is 4.26. The van der Waals surface area contributed by atoms with Gasteiger partial charge in [-0.1, -0.05) is 17.8 Å². The second-order valence-electron chi connectivity index (χ2n) is 6.67. The highest BCUT2D eigenvalue weighted by Crippen LogP contribution is 2.31. The van der Waals surface area contributed by atoms with Gasteiger partial charge in [-0.3, -0.25) is 14.5 Å². The van der Waals surface area contributed by atoms with Crippen LogP contribution in [0.4, 0.5) is 4.79 Å². The molecule has 0 atom stereocenters. The second-order valence-corrected chi connectivity index (χ2v) is 7.72. The van der Waals surface area contributed by atoms with Crippen LogP contribution in [-0.2, 0) is 11.3 Å². The van der Waals surface area contributed by atoms with Crippen molar-refractivity contribution in [3.8, 4) is 11.5 Å². The summed E-state index contributed by atoms with van der Waals surface area (Å²) in [7, 11) is 0. The highest BCUT2D eigenvalue weighted by molar-refractivity contribution is 8.13. The van der Waals surface area contributed by atoms with Gasteiger partial charge in [0.25, 0.3) is 5.24 Å². The molecule has 3 aliphatic rings. The number of carbonyl (C=O) groups is 2. The molecule has 8 heteroatoms. The third-order valence-electron chi connectivity index (χ3n) is 4.91. The van der Waals surface area contributed by atoms with Gasteiger partial charge < -0.3 is 19.3 Å². The van der Waals surface area contributed by atoms with E-state index in [1.54, 1.807) is 4.90 Å². The normalized spacial score (nSPS) is 20.5. The molecule has 0 spiro atoms. The highest BCUT2D eigenvalue weighted by atomic mass is 32.2. The molecule has 3 heterocycles. The van der Waals surface area contributed by atoms with E-state index >= 15 is 0 Å². The maximum atomic E-state index is 12.4. The first kappa shape index (κ1) is 17.5. The van der Waals surface area contributed by atoms with Gasteiger partial charge in [-0.25, -0.2) is 0 Å². The summed E-state index contributed by atoms with van der Waals surface area (Å²) >= 11 is 1.29. The molecule has 4 rings (SSSR count). The highest BCUT2D eigenvalue weighted by Gasteiger charge is 2.27. The summed E-state index contributed by atoms with van der Waals surface area (Å²) in [5.74, 6) is 2.47. The van der Waals surface area contributed by atoms with Gasteiger partial charge in [0.05, 0.1) is 0 Å². The van der Waals surface area contributed by atoms with Crippen molar-refractivity contribution in [1.82, 2.24) is 14.7 Å². The Morgan fingerprint density at radius 3 is 2.54 bits per heavy atom. The van der Waals surface area contributed by atoms with E-state index in [9.17, 15) is 9.59 Å². The third kappa shape index (κ3) is 3.91. The van der Waals surface area contributed by atoms with Crippen LogP contribution >= 0.6 is 11.8 Å². The van der Waals surface area contributed by atoms with Gasteiger partial charge in [-0.2, -0.15) is 0 Å². The molecule has 0 bridgehead atoms. The number of hydrogen-bond donors (Lipinski definition) is 0. The van der Waals surface area contributed by atoms with Crippen LogP contribution in [0.5, 0.6) is 11.5 Å². The summed E-state index contributed by atoms with van der Waals surface area (Å²) in [5, 5.41) is 0.0237. The lowest BCUT2D eigenvalue weighted by Gasteiger charge is -2.35. The van der Waals surface area contributed by atoms with E-state index < -0.39 is 0 Å². The average molecular weight is 377 g/mol. The predicted molar refractivity (Wildman–Crippen MR) is 98.7 cm³/mol. The standard InChI is InChI=1S/C18H23N3O4S/c22-17(13-21-7-10-26-18(21)23)20-5-3-19(4-6-20)12-14-1-2-15-16(11-14)25-9-8-24-15/h1-2,11H,3-10,12-13H2. The fraction of sp³-hybridized carbons (Fsp3) is 0.556. The number of nitrogens with zero attached hydrogens (tertiary/aromatic N) is 3. The molecule has 140 valence electrons. The number of hydrogen-bond acceptors (Lipinski definition) is 6. The van der Waals surface area contributed by atoms with Crippen LogP contribution in [0.1, 0.15) is 5.56 Å². The number of thioether (sulfide) groups is 1. The van der Waals surface area contributed by atoms with E-state index in [-0.39, 0.29) is 17.7 Å². The van der Waals surface area contributed by atoms with Crippen LogP contribution in [0.3, 0.4) is 0 Å². The molecule has 0 aromatic heterocycles. The second kappa shape index (κ2) is 7.75. The molecular formula is C18H23N3O4S. The minimum Gasteiger partial charge on any atom is -0.486 e. The van der Waals surface area contributed by atoms with Gasteiger partial charge in [0.2, 0.25) is 5.91 Å². The van der Waals surface area contributed by atoms with Crippen molar-refractivity contribution in [3.63, 3.8) is 0 Å². The molecule has 0 saturated carbocycles. The lowest BCUT2D eigenvalue weighted by molar-refractivity contribution is -0.133. The first-order chi connectivity index (χ1) is 12.7. The molecule has 7 nitrogen and oxygen atoms in total. The van der Waals surface area contributed by atoms with Gasteiger partial charge >= 0.3 is 0 Å². The monoisotopic (exact) mass is 377 g/mol. The molecular weight excluding hydrogens is 354 g/mol. The minimum absolute atomic E-state index is 0.0237. The quantitative estimate of drug-likeness (QED) is 0.788. The molecule has 3 aliphatic heterocycles. The fourth-order valence-electron chi connectivity index (χ4n) is 3.43. The first-order valence-electron chi connectivity index (χ1n) is 8.99. The number of fused-ring (bicyclic) bond motifs is 1. The van der Waals surface area contributed by atoms with E-state index in [0.29, 0.717) is 32.8 Å². The molecule has 1 aromatic carbocycles. The molecule has 0 radical (unpaired) electrons. The molecule has 0 aliphatic carbocycles. The smallest absolute Gasteiger partial charge is 0.282 e. The van der Waals surface area contributed by atoms with Crippen LogP contribution in [0.2, 0.25) is 0 Å². The Kier molecular flexibility index (Phi) is 5.21.